The van der Waals surface area contributed by atoms with Crippen LogP contribution in [0.15, 0.2) is 57.8 Å². The van der Waals surface area contributed by atoms with Crippen molar-refractivity contribution in [1.82, 2.24) is 14.5 Å². The molecule has 2 heterocycles. The third kappa shape index (κ3) is 4.68. The molecule has 0 amide bonds. The normalized spacial score (nSPS) is 10.9. The summed E-state index contributed by atoms with van der Waals surface area (Å²) in [6.45, 7) is 4.54. The predicted molar refractivity (Wildman–Crippen MR) is 103 cm³/mol. The average Bonchev–Trinajstić information content (AvgIpc) is 2.97. The van der Waals surface area contributed by atoms with E-state index >= 15 is 0 Å². The molecule has 0 saturated carbocycles. The fourth-order valence-corrected chi connectivity index (χ4v) is 3.97. The molecule has 0 saturated heterocycles. The molecule has 0 spiro atoms. The van der Waals surface area contributed by atoms with E-state index in [1.165, 1.54) is 23.9 Å². The summed E-state index contributed by atoms with van der Waals surface area (Å²) in [5, 5.41) is 4.41. The van der Waals surface area contributed by atoms with Gasteiger partial charge in [-0.2, -0.15) is 0 Å². The predicted octanol–water partition coefficient (Wildman–Crippen LogP) is 5.69. The standard InChI is InChI=1S/C19H18F2N6S/c1-12(2)18-19(28-16-8-14(20)7-15(21)9-16)27(17(25-18)10-24-26-22)11-13-3-5-23-6-4-13/h3-9,12H,10-11H2,1-2H3. The Morgan fingerprint density at radius 2 is 1.86 bits per heavy atom. The molecular weight excluding hydrogens is 382 g/mol. The van der Waals surface area contributed by atoms with Crippen molar-refractivity contribution in [3.05, 3.63) is 81.9 Å². The minimum Gasteiger partial charge on any atom is -0.318 e. The van der Waals surface area contributed by atoms with Gasteiger partial charge >= 0.3 is 0 Å². The van der Waals surface area contributed by atoms with Crippen LogP contribution in [0.25, 0.3) is 10.4 Å². The van der Waals surface area contributed by atoms with Crippen molar-refractivity contribution in [2.24, 2.45) is 5.11 Å². The molecule has 0 aliphatic carbocycles. The van der Waals surface area contributed by atoms with Gasteiger partial charge in [0.05, 0.1) is 12.2 Å². The number of imidazole rings is 1. The minimum atomic E-state index is -0.636. The van der Waals surface area contributed by atoms with Crippen LogP contribution in [0.3, 0.4) is 0 Å². The third-order valence-corrected chi connectivity index (χ3v) is 5.08. The highest BCUT2D eigenvalue weighted by molar-refractivity contribution is 7.99. The fraction of sp³-hybridized carbons (Fsp3) is 0.263. The van der Waals surface area contributed by atoms with Crippen LogP contribution in [-0.4, -0.2) is 14.5 Å². The highest BCUT2D eigenvalue weighted by Gasteiger charge is 2.21. The Kier molecular flexibility index (Phi) is 6.28. The SMILES string of the molecule is CC(C)c1nc(CN=[N+]=[N-])n(Cc2ccncc2)c1Sc1cc(F)cc(F)c1. The lowest BCUT2D eigenvalue weighted by atomic mass is 10.1. The molecule has 3 rings (SSSR count). The molecule has 0 fully saturated rings. The van der Waals surface area contributed by atoms with Gasteiger partial charge in [-0.1, -0.05) is 30.7 Å². The second-order valence-corrected chi connectivity index (χ2v) is 7.47. The van der Waals surface area contributed by atoms with E-state index in [1.807, 2.05) is 30.5 Å². The van der Waals surface area contributed by atoms with Gasteiger partial charge in [0.25, 0.3) is 0 Å². The molecule has 0 aliphatic heterocycles. The quantitative estimate of drug-likeness (QED) is 0.290. The summed E-state index contributed by atoms with van der Waals surface area (Å²) < 4.78 is 29.3. The lowest BCUT2D eigenvalue weighted by Gasteiger charge is -2.13. The molecule has 0 radical (unpaired) electrons. The second-order valence-electron chi connectivity index (χ2n) is 6.41. The molecule has 9 heteroatoms. The molecule has 3 aromatic rings. The smallest absolute Gasteiger partial charge is 0.127 e. The second kappa shape index (κ2) is 8.86. The average molecular weight is 400 g/mol. The lowest BCUT2D eigenvalue weighted by Crippen LogP contribution is -2.06. The summed E-state index contributed by atoms with van der Waals surface area (Å²) in [5.41, 5.74) is 10.5. The van der Waals surface area contributed by atoms with Gasteiger partial charge in [-0.25, -0.2) is 13.8 Å². The highest BCUT2D eigenvalue weighted by atomic mass is 32.2. The van der Waals surface area contributed by atoms with Gasteiger partial charge in [0.2, 0.25) is 0 Å². The van der Waals surface area contributed by atoms with Gasteiger partial charge in [-0.05, 0) is 41.3 Å². The number of pyridine rings is 1. The molecule has 2 aromatic heterocycles. The Morgan fingerprint density at radius 3 is 2.46 bits per heavy atom. The number of hydrogen-bond acceptors (Lipinski definition) is 4. The Morgan fingerprint density at radius 1 is 1.18 bits per heavy atom. The van der Waals surface area contributed by atoms with Crippen molar-refractivity contribution < 1.29 is 8.78 Å². The minimum absolute atomic E-state index is 0.0735. The number of azide groups is 1. The first-order valence-electron chi connectivity index (χ1n) is 8.61. The maximum Gasteiger partial charge on any atom is 0.127 e. The number of halogens is 2. The van der Waals surface area contributed by atoms with Gasteiger partial charge in [0, 0.05) is 34.8 Å². The number of nitrogens with zero attached hydrogens (tertiary/aromatic N) is 6. The van der Waals surface area contributed by atoms with Crippen LogP contribution in [0.2, 0.25) is 0 Å². The Labute approximate surface area is 165 Å². The van der Waals surface area contributed by atoms with Crippen molar-refractivity contribution >= 4 is 11.8 Å². The van der Waals surface area contributed by atoms with Crippen molar-refractivity contribution in [3.8, 4) is 0 Å². The monoisotopic (exact) mass is 400 g/mol. The Hall–Kier alpha value is -2.90. The van der Waals surface area contributed by atoms with Crippen LogP contribution in [0.5, 0.6) is 0 Å². The molecule has 0 bridgehead atoms. The molecule has 144 valence electrons. The van der Waals surface area contributed by atoms with Crippen molar-refractivity contribution in [2.75, 3.05) is 0 Å². The topological polar surface area (TPSA) is 79.5 Å². The van der Waals surface area contributed by atoms with Crippen LogP contribution in [-0.2, 0) is 13.1 Å². The Bertz CT molecular complexity index is 993. The van der Waals surface area contributed by atoms with Crippen molar-refractivity contribution in [3.63, 3.8) is 0 Å². The van der Waals surface area contributed by atoms with E-state index in [-0.39, 0.29) is 12.5 Å². The summed E-state index contributed by atoms with van der Waals surface area (Å²) in [4.78, 5) is 11.9. The zero-order valence-electron chi connectivity index (χ0n) is 15.4. The number of rotatable bonds is 7. The molecule has 0 unspecified atom stereocenters. The van der Waals surface area contributed by atoms with Gasteiger partial charge in [0.15, 0.2) is 0 Å². The molecule has 0 atom stereocenters. The number of aromatic nitrogens is 3. The van der Waals surface area contributed by atoms with E-state index in [4.69, 9.17) is 5.53 Å². The first kappa shape index (κ1) is 19.9. The first-order chi connectivity index (χ1) is 13.5. The molecule has 0 N–H and O–H groups in total. The lowest BCUT2D eigenvalue weighted by molar-refractivity contribution is 0.577. The fourth-order valence-electron chi connectivity index (χ4n) is 2.73. The van der Waals surface area contributed by atoms with Crippen LogP contribution < -0.4 is 0 Å². The largest absolute Gasteiger partial charge is 0.318 e. The molecule has 6 nitrogen and oxygen atoms in total. The van der Waals surface area contributed by atoms with Crippen LogP contribution in [0, 0.1) is 11.6 Å². The van der Waals surface area contributed by atoms with Gasteiger partial charge in [-0.3, -0.25) is 4.98 Å². The number of benzene rings is 1. The maximum atomic E-state index is 13.7. The van der Waals surface area contributed by atoms with E-state index in [0.717, 1.165) is 22.3 Å². The van der Waals surface area contributed by atoms with E-state index < -0.39 is 11.6 Å². The maximum absolute atomic E-state index is 13.7. The zero-order chi connectivity index (χ0) is 20.1. The van der Waals surface area contributed by atoms with Gasteiger partial charge < -0.3 is 4.57 Å². The number of hydrogen-bond donors (Lipinski definition) is 0. The van der Waals surface area contributed by atoms with E-state index in [1.54, 1.807) is 12.4 Å². The third-order valence-electron chi connectivity index (χ3n) is 3.99. The van der Waals surface area contributed by atoms with E-state index in [0.29, 0.717) is 17.3 Å². The van der Waals surface area contributed by atoms with Gasteiger partial charge in [0.1, 0.15) is 22.5 Å². The summed E-state index contributed by atoms with van der Waals surface area (Å²) in [6.07, 6.45) is 3.38. The summed E-state index contributed by atoms with van der Waals surface area (Å²) >= 11 is 1.24. The summed E-state index contributed by atoms with van der Waals surface area (Å²) in [7, 11) is 0. The summed E-state index contributed by atoms with van der Waals surface area (Å²) in [6, 6.07) is 7.17. The van der Waals surface area contributed by atoms with Crippen molar-refractivity contribution in [1.29, 1.82) is 0 Å². The zero-order valence-corrected chi connectivity index (χ0v) is 16.2. The Balaban J connectivity index is 2.10. The molecule has 1 aromatic carbocycles. The van der Waals surface area contributed by atoms with Crippen LogP contribution in [0.4, 0.5) is 8.78 Å². The molecular formula is C19H18F2N6S. The van der Waals surface area contributed by atoms with Crippen LogP contribution in [0.1, 0.15) is 36.8 Å². The molecule has 28 heavy (non-hydrogen) atoms. The summed E-state index contributed by atoms with van der Waals surface area (Å²) in [5.74, 6) is -0.603. The van der Waals surface area contributed by atoms with Crippen LogP contribution >= 0.6 is 11.8 Å². The van der Waals surface area contributed by atoms with E-state index in [9.17, 15) is 8.78 Å². The van der Waals surface area contributed by atoms with Gasteiger partial charge in [-0.15, -0.1) is 0 Å². The van der Waals surface area contributed by atoms with E-state index in [2.05, 4.69) is 20.0 Å². The molecule has 0 aliphatic rings. The first-order valence-corrected chi connectivity index (χ1v) is 9.42. The van der Waals surface area contributed by atoms with Crippen molar-refractivity contribution in [2.45, 2.75) is 42.8 Å². The highest BCUT2D eigenvalue weighted by Crippen LogP contribution is 2.36.